The van der Waals surface area contributed by atoms with Crippen molar-refractivity contribution in [2.24, 2.45) is 5.92 Å². The molecule has 0 aromatic heterocycles. The highest BCUT2D eigenvalue weighted by Gasteiger charge is 2.46. The van der Waals surface area contributed by atoms with Crippen LogP contribution in [0.1, 0.15) is 43.6 Å². The van der Waals surface area contributed by atoms with Crippen molar-refractivity contribution in [1.82, 2.24) is 9.80 Å². The number of ether oxygens (including phenoxy) is 2. The third-order valence-electron chi connectivity index (χ3n) is 7.50. The van der Waals surface area contributed by atoms with E-state index in [-0.39, 0.29) is 42.5 Å². The van der Waals surface area contributed by atoms with Crippen LogP contribution in [0.2, 0.25) is 0 Å². The normalized spacial score (nSPS) is 30.1. The summed E-state index contributed by atoms with van der Waals surface area (Å²) in [5.74, 6) is 1.12. The maximum Gasteiger partial charge on any atom is 0.227 e. The summed E-state index contributed by atoms with van der Waals surface area (Å²) in [6, 6.07) is 5.76. The Morgan fingerprint density at radius 3 is 2.66 bits per heavy atom. The van der Waals surface area contributed by atoms with Crippen LogP contribution < -0.4 is 10.1 Å². The van der Waals surface area contributed by atoms with Crippen molar-refractivity contribution in [2.45, 2.75) is 56.3 Å². The molecule has 8 heteroatoms. The number of aliphatic hydroxyl groups is 1. The van der Waals surface area contributed by atoms with Crippen LogP contribution in [0.5, 0.6) is 5.75 Å². The number of hydrogen-bond acceptors (Lipinski definition) is 6. The zero-order valence-corrected chi connectivity index (χ0v) is 18.7. The molecule has 0 unspecified atom stereocenters. The van der Waals surface area contributed by atoms with Gasteiger partial charge in [0.05, 0.1) is 19.1 Å². The van der Waals surface area contributed by atoms with Gasteiger partial charge in [-0.25, -0.2) is 0 Å². The molecule has 0 spiro atoms. The summed E-state index contributed by atoms with van der Waals surface area (Å²) in [5.41, 5.74) is 1.81. The van der Waals surface area contributed by atoms with Crippen molar-refractivity contribution in [3.05, 3.63) is 23.8 Å². The van der Waals surface area contributed by atoms with Gasteiger partial charge in [0.25, 0.3) is 0 Å². The van der Waals surface area contributed by atoms with Gasteiger partial charge in [-0.2, -0.15) is 0 Å². The first kappa shape index (κ1) is 21.7. The fourth-order valence-corrected chi connectivity index (χ4v) is 5.26. The smallest absolute Gasteiger partial charge is 0.227 e. The summed E-state index contributed by atoms with van der Waals surface area (Å²) in [6.45, 7) is 3.11. The molecule has 8 nitrogen and oxygen atoms in total. The van der Waals surface area contributed by atoms with Crippen LogP contribution in [0.3, 0.4) is 0 Å². The molecule has 5 rings (SSSR count). The molecule has 1 saturated carbocycles. The van der Waals surface area contributed by atoms with Crippen LogP contribution in [-0.2, 0) is 14.3 Å². The van der Waals surface area contributed by atoms with Crippen molar-refractivity contribution in [2.75, 3.05) is 45.2 Å². The number of aliphatic hydroxyl groups excluding tert-OH is 1. The zero-order valence-electron chi connectivity index (χ0n) is 18.7. The van der Waals surface area contributed by atoms with Crippen molar-refractivity contribution in [3.8, 4) is 5.75 Å². The van der Waals surface area contributed by atoms with Crippen LogP contribution in [0.15, 0.2) is 18.2 Å². The molecule has 3 fully saturated rings. The van der Waals surface area contributed by atoms with Crippen molar-refractivity contribution in [1.29, 1.82) is 0 Å². The summed E-state index contributed by atoms with van der Waals surface area (Å²) in [6.07, 6.45) is 3.01. The first-order valence-corrected chi connectivity index (χ1v) is 11.9. The average Bonchev–Trinajstić information content (AvgIpc) is 3.10. The van der Waals surface area contributed by atoms with Gasteiger partial charge in [0.15, 0.2) is 0 Å². The van der Waals surface area contributed by atoms with Crippen LogP contribution in [0.4, 0.5) is 5.69 Å². The van der Waals surface area contributed by atoms with Gasteiger partial charge in [0.1, 0.15) is 18.0 Å². The van der Waals surface area contributed by atoms with Gasteiger partial charge in [-0.3, -0.25) is 9.59 Å². The molecule has 2 amide bonds. The Morgan fingerprint density at radius 2 is 1.97 bits per heavy atom. The van der Waals surface area contributed by atoms with Crippen LogP contribution in [0, 0.1) is 5.92 Å². The number of likely N-dealkylation sites (N-methyl/N-ethyl adjacent to an activating group) is 1. The number of anilines is 1. The second kappa shape index (κ2) is 9.00. The topological polar surface area (TPSA) is 91.3 Å². The van der Waals surface area contributed by atoms with Gasteiger partial charge in [0, 0.05) is 49.3 Å². The lowest BCUT2D eigenvalue weighted by Crippen LogP contribution is -2.50. The third kappa shape index (κ3) is 4.23. The minimum atomic E-state index is -0.473. The number of benzene rings is 1. The van der Waals surface area contributed by atoms with E-state index in [9.17, 15) is 14.7 Å². The molecule has 1 aromatic rings. The Kier molecular flexibility index (Phi) is 6.09. The number of nitrogens with one attached hydrogen (secondary N) is 1. The second-order valence-electron chi connectivity index (χ2n) is 9.66. The van der Waals surface area contributed by atoms with E-state index in [0.717, 1.165) is 62.4 Å². The van der Waals surface area contributed by atoms with Crippen molar-refractivity contribution < 1.29 is 24.2 Å². The maximum atomic E-state index is 12.9. The number of nitrogens with zero attached hydrogens (tertiary/aromatic N) is 2. The minimum absolute atomic E-state index is 0.0294. The number of hydrogen-bond donors (Lipinski definition) is 2. The molecule has 2 saturated heterocycles. The summed E-state index contributed by atoms with van der Waals surface area (Å²) < 4.78 is 12.2. The monoisotopic (exact) mass is 443 g/mol. The second-order valence-corrected chi connectivity index (χ2v) is 9.66. The predicted octanol–water partition coefficient (Wildman–Crippen LogP) is 1.58. The number of fused-ring (bicyclic) bond motifs is 3. The van der Waals surface area contributed by atoms with E-state index in [2.05, 4.69) is 17.3 Å². The summed E-state index contributed by atoms with van der Waals surface area (Å²) >= 11 is 0. The number of carbonyl (C=O) groups is 2. The van der Waals surface area contributed by atoms with Crippen LogP contribution in [0.25, 0.3) is 0 Å². The zero-order chi connectivity index (χ0) is 22.2. The quantitative estimate of drug-likeness (QED) is 0.718. The maximum absolute atomic E-state index is 12.9. The summed E-state index contributed by atoms with van der Waals surface area (Å²) in [4.78, 5) is 29.4. The molecular formula is C24H33N3O5. The van der Waals surface area contributed by atoms with Gasteiger partial charge in [-0.1, -0.05) is 6.42 Å². The Balaban J connectivity index is 1.28. The highest BCUT2D eigenvalue weighted by atomic mass is 16.6. The SMILES string of the molecule is CN1CCN(C(=O)C[C@@H]2C[C@@H]3c4cc(NC(=O)C5CCC5)ccc4O[C@@H]3[C@H](CO)O2)CC1. The van der Waals surface area contributed by atoms with Gasteiger partial charge in [0.2, 0.25) is 11.8 Å². The third-order valence-corrected chi connectivity index (χ3v) is 7.50. The standard InChI is InChI=1S/C24H33N3O5/c1-26-7-9-27(10-8-26)22(29)13-17-12-19-18-11-16(25-24(30)15-3-2-4-15)5-6-20(18)32-23(19)21(14-28)31-17/h5-6,11,15,17,19,21,23,28H,2-4,7-10,12-14H2,1H3,(H,25,30)/t17-,19+,21-,23-/m0/s1. The van der Waals surface area contributed by atoms with Gasteiger partial charge in [-0.15, -0.1) is 0 Å². The number of rotatable bonds is 5. The molecular weight excluding hydrogens is 410 g/mol. The van der Waals surface area contributed by atoms with E-state index >= 15 is 0 Å². The van der Waals surface area contributed by atoms with Crippen molar-refractivity contribution >= 4 is 17.5 Å². The van der Waals surface area contributed by atoms with E-state index < -0.39 is 6.10 Å². The van der Waals surface area contributed by atoms with E-state index in [4.69, 9.17) is 9.47 Å². The molecule has 0 bridgehead atoms. The number of amides is 2. The molecule has 4 aliphatic rings. The van der Waals surface area contributed by atoms with Gasteiger partial charge >= 0.3 is 0 Å². The fourth-order valence-electron chi connectivity index (χ4n) is 5.26. The lowest BCUT2D eigenvalue weighted by Gasteiger charge is -2.38. The van der Waals surface area contributed by atoms with Crippen molar-refractivity contribution in [3.63, 3.8) is 0 Å². The average molecular weight is 444 g/mol. The molecule has 4 atom stereocenters. The Bertz CT molecular complexity index is 865. The Morgan fingerprint density at radius 1 is 1.19 bits per heavy atom. The van der Waals surface area contributed by atoms with E-state index in [1.54, 1.807) is 0 Å². The van der Waals surface area contributed by atoms with Gasteiger partial charge in [-0.05, 0) is 44.5 Å². The molecule has 174 valence electrons. The molecule has 1 aromatic carbocycles. The fraction of sp³-hybridized carbons (Fsp3) is 0.667. The lowest BCUT2D eigenvalue weighted by molar-refractivity contribution is -0.150. The van der Waals surface area contributed by atoms with Crippen LogP contribution >= 0.6 is 0 Å². The largest absolute Gasteiger partial charge is 0.487 e. The molecule has 3 heterocycles. The lowest BCUT2D eigenvalue weighted by atomic mass is 9.83. The Labute approximate surface area is 188 Å². The summed E-state index contributed by atoms with van der Waals surface area (Å²) in [5, 5.41) is 13.0. The van der Waals surface area contributed by atoms with Gasteiger partial charge < -0.3 is 29.7 Å². The highest BCUT2D eigenvalue weighted by molar-refractivity contribution is 5.93. The van der Waals surface area contributed by atoms with E-state index in [0.29, 0.717) is 12.8 Å². The van der Waals surface area contributed by atoms with E-state index in [1.807, 2.05) is 23.1 Å². The Hall–Kier alpha value is -2.16. The highest BCUT2D eigenvalue weighted by Crippen LogP contribution is 2.47. The number of carbonyl (C=O) groups excluding carboxylic acids is 2. The minimum Gasteiger partial charge on any atom is -0.487 e. The molecule has 2 N–H and O–H groups in total. The predicted molar refractivity (Wildman–Crippen MR) is 119 cm³/mol. The molecule has 0 radical (unpaired) electrons. The molecule has 32 heavy (non-hydrogen) atoms. The van der Waals surface area contributed by atoms with E-state index in [1.165, 1.54) is 0 Å². The first-order valence-electron chi connectivity index (χ1n) is 11.9. The summed E-state index contributed by atoms with van der Waals surface area (Å²) in [7, 11) is 2.07. The first-order chi connectivity index (χ1) is 15.5. The number of piperazine rings is 1. The molecule has 3 aliphatic heterocycles. The molecule has 1 aliphatic carbocycles. The van der Waals surface area contributed by atoms with Crippen LogP contribution in [-0.4, -0.2) is 84.9 Å².